The van der Waals surface area contributed by atoms with Gasteiger partial charge in [0.25, 0.3) is 5.91 Å². The summed E-state index contributed by atoms with van der Waals surface area (Å²) in [7, 11) is 1.32. The average molecular weight is 530 g/mol. The molecule has 0 aromatic heterocycles. The third-order valence-electron chi connectivity index (χ3n) is 6.55. The Bertz CT molecular complexity index is 1270. The molecule has 4 rings (SSSR count). The second-order valence-electron chi connectivity index (χ2n) is 9.13. The predicted octanol–water partition coefficient (Wildman–Crippen LogP) is 4.48. The molecule has 1 heterocycles. The van der Waals surface area contributed by atoms with Crippen LogP contribution in [0.15, 0.2) is 84.9 Å². The number of hydrogen-bond acceptors (Lipinski definition) is 5. The second kappa shape index (κ2) is 13.0. The number of methoxy groups -OCH3 is 1. The van der Waals surface area contributed by atoms with E-state index in [0.717, 1.165) is 18.4 Å². The lowest BCUT2D eigenvalue weighted by atomic mass is 10.1. The highest BCUT2D eigenvalue weighted by Crippen LogP contribution is 2.23. The molecule has 7 nitrogen and oxygen atoms in total. The second-order valence-corrected chi connectivity index (χ2v) is 9.49. The van der Waals surface area contributed by atoms with Crippen molar-refractivity contribution in [3.63, 3.8) is 0 Å². The lowest BCUT2D eigenvalue weighted by Gasteiger charge is -2.24. The monoisotopic (exact) mass is 529 g/mol. The third kappa shape index (κ3) is 6.83. The highest BCUT2D eigenvalue weighted by molar-refractivity contribution is 7.80. The summed E-state index contributed by atoms with van der Waals surface area (Å²) in [5.41, 5.74) is 3.26. The number of benzene rings is 3. The summed E-state index contributed by atoms with van der Waals surface area (Å²) in [6, 6.07) is 25.9. The number of thiocarbonyl (C=S) groups is 1. The summed E-state index contributed by atoms with van der Waals surface area (Å²) in [5.74, 6) is -0.897. The van der Waals surface area contributed by atoms with Gasteiger partial charge in [0.1, 0.15) is 6.04 Å². The van der Waals surface area contributed by atoms with Crippen LogP contribution in [-0.2, 0) is 27.2 Å². The van der Waals surface area contributed by atoms with Crippen molar-refractivity contribution in [1.82, 2.24) is 9.80 Å². The molecule has 0 saturated carbocycles. The van der Waals surface area contributed by atoms with E-state index in [1.54, 1.807) is 29.2 Å². The fourth-order valence-electron chi connectivity index (χ4n) is 4.53. The summed E-state index contributed by atoms with van der Waals surface area (Å²) in [4.78, 5) is 41.7. The van der Waals surface area contributed by atoms with E-state index in [1.807, 2.05) is 53.4 Å². The molecule has 0 bridgehead atoms. The topological polar surface area (TPSA) is 78.9 Å². The predicted molar refractivity (Wildman–Crippen MR) is 151 cm³/mol. The zero-order valence-corrected chi connectivity index (χ0v) is 22.2. The number of nitrogens with one attached hydrogen (secondary N) is 1. The van der Waals surface area contributed by atoms with E-state index in [4.69, 9.17) is 17.0 Å². The highest BCUT2D eigenvalue weighted by atomic mass is 32.1. The van der Waals surface area contributed by atoms with E-state index < -0.39 is 12.0 Å². The number of anilines is 1. The minimum Gasteiger partial charge on any atom is -0.465 e. The van der Waals surface area contributed by atoms with Crippen molar-refractivity contribution < 1.29 is 19.1 Å². The molecular formula is C30H31N3O4S. The van der Waals surface area contributed by atoms with Crippen molar-refractivity contribution >= 4 is 40.8 Å². The van der Waals surface area contributed by atoms with Gasteiger partial charge < -0.3 is 15.0 Å². The van der Waals surface area contributed by atoms with Gasteiger partial charge in [-0.3, -0.25) is 14.5 Å². The van der Waals surface area contributed by atoms with Crippen LogP contribution in [0.2, 0.25) is 0 Å². The first kappa shape index (κ1) is 27.0. The molecule has 8 heteroatoms. The fraction of sp³-hybridized carbons (Fsp3) is 0.267. The van der Waals surface area contributed by atoms with Gasteiger partial charge in [0.15, 0.2) is 5.11 Å². The van der Waals surface area contributed by atoms with Crippen molar-refractivity contribution in [2.24, 2.45) is 0 Å². The molecule has 196 valence electrons. The molecule has 2 amide bonds. The van der Waals surface area contributed by atoms with Gasteiger partial charge in [-0.1, -0.05) is 60.7 Å². The number of esters is 1. The van der Waals surface area contributed by atoms with Gasteiger partial charge in [-0.15, -0.1) is 0 Å². The number of rotatable bonds is 11. The van der Waals surface area contributed by atoms with Gasteiger partial charge in [-0.25, -0.2) is 4.79 Å². The van der Waals surface area contributed by atoms with E-state index in [0.29, 0.717) is 35.9 Å². The molecule has 3 aromatic rings. The molecule has 1 saturated heterocycles. The quantitative estimate of drug-likeness (QED) is 0.292. The van der Waals surface area contributed by atoms with Crippen LogP contribution in [0.5, 0.6) is 0 Å². The molecular weight excluding hydrogens is 498 g/mol. The number of ether oxygens (including phenoxy) is 1. The van der Waals surface area contributed by atoms with E-state index in [-0.39, 0.29) is 18.2 Å². The summed E-state index contributed by atoms with van der Waals surface area (Å²) < 4.78 is 4.71. The summed E-state index contributed by atoms with van der Waals surface area (Å²) >= 11 is 5.75. The van der Waals surface area contributed by atoms with Gasteiger partial charge in [0.05, 0.1) is 19.1 Å². The molecule has 1 aliphatic rings. The maximum atomic E-state index is 13.5. The normalized spacial score (nSPS) is 15.0. The Hall–Kier alpha value is -4.04. The SMILES string of the molecule is COC(=O)c1ccc(NC(=O)CC2C(=O)N(CCc3ccccc3)C(=S)N2CCCc2ccccc2)cc1. The largest absolute Gasteiger partial charge is 0.465 e. The summed E-state index contributed by atoms with van der Waals surface area (Å²) in [6.07, 6.45) is 2.31. The zero-order chi connectivity index (χ0) is 26.9. The van der Waals surface area contributed by atoms with Crippen molar-refractivity contribution in [1.29, 1.82) is 0 Å². The molecule has 1 fully saturated rings. The fourth-order valence-corrected chi connectivity index (χ4v) is 4.93. The number of carbonyl (C=O) groups excluding carboxylic acids is 3. The maximum absolute atomic E-state index is 13.5. The molecule has 3 aromatic carbocycles. The number of carbonyl (C=O) groups is 3. The Morgan fingerprint density at radius 3 is 2.08 bits per heavy atom. The minimum atomic E-state index is -0.664. The van der Waals surface area contributed by atoms with Crippen LogP contribution in [0, 0.1) is 0 Å². The maximum Gasteiger partial charge on any atom is 0.337 e. The van der Waals surface area contributed by atoms with Crippen LogP contribution >= 0.6 is 12.2 Å². The minimum absolute atomic E-state index is 0.0229. The van der Waals surface area contributed by atoms with E-state index in [1.165, 1.54) is 12.7 Å². The number of amides is 2. The number of aryl methyl sites for hydroxylation is 1. The van der Waals surface area contributed by atoms with E-state index in [9.17, 15) is 14.4 Å². The Labute approximate surface area is 228 Å². The Kier molecular flexibility index (Phi) is 9.21. The average Bonchev–Trinajstić information content (AvgIpc) is 3.16. The smallest absolute Gasteiger partial charge is 0.337 e. The summed E-state index contributed by atoms with van der Waals surface area (Å²) in [6.45, 7) is 1.04. The van der Waals surface area contributed by atoms with Crippen LogP contribution in [0.1, 0.15) is 34.3 Å². The Balaban J connectivity index is 1.43. The van der Waals surface area contributed by atoms with E-state index >= 15 is 0 Å². The van der Waals surface area contributed by atoms with Gasteiger partial charge in [-0.2, -0.15) is 0 Å². The molecule has 0 aliphatic carbocycles. The number of hydrogen-bond donors (Lipinski definition) is 1. The lowest BCUT2D eigenvalue weighted by Crippen LogP contribution is -2.38. The van der Waals surface area contributed by atoms with Crippen molar-refractivity contribution in [3.05, 3.63) is 102 Å². The number of nitrogens with zero attached hydrogens (tertiary/aromatic N) is 2. The molecule has 0 radical (unpaired) electrons. The Morgan fingerprint density at radius 2 is 1.47 bits per heavy atom. The zero-order valence-electron chi connectivity index (χ0n) is 21.3. The highest BCUT2D eigenvalue weighted by Gasteiger charge is 2.42. The van der Waals surface area contributed by atoms with Crippen LogP contribution in [0.3, 0.4) is 0 Å². The molecule has 38 heavy (non-hydrogen) atoms. The third-order valence-corrected chi connectivity index (χ3v) is 7.00. The van der Waals surface area contributed by atoms with Crippen LogP contribution < -0.4 is 5.32 Å². The first-order chi connectivity index (χ1) is 18.5. The van der Waals surface area contributed by atoms with Crippen molar-refractivity contribution in [3.8, 4) is 0 Å². The van der Waals surface area contributed by atoms with Crippen LogP contribution in [-0.4, -0.2) is 58.9 Å². The summed E-state index contributed by atoms with van der Waals surface area (Å²) in [5, 5.41) is 3.30. The van der Waals surface area contributed by atoms with Gasteiger partial charge >= 0.3 is 5.97 Å². The van der Waals surface area contributed by atoms with E-state index in [2.05, 4.69) is 17.4 Å². The van der Waals surface area contributed by atoms with Crippen LogP contribution in [0.25, 0.3) is 0 Å². The van der Waals surface area contributed by atoms with Crippen molar-refractivity contribution in [2.45, 2.75) is 31.7 Å². The molecule has 0 spiro atoms. The molecule has 1 N–H and O–H groups in total. The molecule has 1 atom stereocenters. The first-order valence-corrected chi connectivity index (χ1v) is 13.0. The van der Waals surface area contributed by atoms with Gasteiger partial charge in [0, 0.05) is 18.8 Å². The van der Waals surface area contributed by atoms with Crippen LogP contribution in [0.4, 0.5) is 5.69 Å². The molecule has 1 aliphatic heterocycles. The van der Waals surface area contributed by atoms with Gasteiger partial charge in [-0.05, 0) is 66.9 Å². The standard InChI is InChI=1S/C30H31N3O4S/c1-37-29(36)24-14-16-25(17-15-24)31-27(34)21-26-28(35)33(20-18-23-11-6-3-7-12-23)30(38)32(26)19-8-13-22-9-4-2-5-10-22/h2-7,9-12,14-17,26H,8,13,18-21H2,1H3,(H,31,34). The van der Waals surface area contributed by atoms with Crippen molar-refractivity contribution in [2.75, 3.05) is 25.5 Å². The lowest BCUT2D eigenvalue weighted by molar-refractivity contribution is -0.130. The Morgan fingerprint density at radius 1 is 0.868 bits per heavy atom. The van der Waals surface area contributed by atoms with Gasteiger partial charge in [0.2, 0.25) is 5.91 Å². The first-order valence-electron chi connectivity index (χ1n) is 12.6. The molecule has 1 unspecified atom stereocenters.